The number of nitrogens with zero attached hydrogens (tertiary/aromatic N) is 5. The lowest BCUT2D eigenvalue weighted by atomic mass is 9.89. The van der Waals surface area contributed by atoms with Gasteiger partial charge in [-0.3, -0.25) is 4.98 Å². The number of anilines is 2. The Bertz CT molecular complexity index is 1610. The molecule has 9 heteroatoms. The average Bonchev–Trinajstić information content (AvgIpc) is 2.92. The van der Waals surface area contributed by atoms with Crippen molar-refractivity contribution in [3.8, 4) is 45.1 Å². The van der Waals surface area contributed by atoms with E-state index in [1.165, 1.54) is 6.33 Å². The van der Waals surface area contributed by atoms with Gasteiger partial charge in [-0.15, -0.1) is 0 Å². The van der Waals surface area contributed by atoms with Gasteiger partial charge in [0.2, 0.25) is 0 Å². The number of ether oxygens (including phenoxy) is 2. The quantitative estimate of drug-likeness (QED) is 0.307. The van der Waals surface area contributed by atoms with Crippen molar-refractivity contribution < 1.29 is 9.47 Å². The van der Waals surface area contributed by atoms with Crippen molar-refractivity contribution in [2.75, 3.05) is 38.9 Å². The molecule has 0 amide bonds. The third kappa shape index (κ3) is 4.47. The maximum absolute atomic E-state index is 6.44. The van der Waals surface area contributed by atoms with Gasteiger partial charge in [-0.2, -0.15) is 0 Å². The summed E-state index contributed by atoms with van der Waals surface area (Å²) in [5, 5.41) is 1.22. The maximum atomic E-state index is 6.44. The second-order valence-electron chi connectivity index (χ2n) is 8.54. The lowest BCUT2D eigenvalue weighted by Gasteiger charge is -2.20. The van der Waals surface area contributed by atoms with Crippen LogP contribution in [0.4, 0.5) is 11.5 Å². The van der Waals surface area contributed by atoms with Crippen LogP contribution < -0.4 is 20.1 Å². The maximum Gasteiger partial charge on any atom is 0.165 e. The summed E-state index contributed by atoms with van der Waals surface area (Å²) in [6.07, 6.45) is 3.22. The monoisotopic (exact) mass is 512 g/mol. The van der Waals surface area contributed by atoms with Gasteiger partial charge in [0.05, 0.1) is 42.9 Å². The van der Waals surface area contributed by atoms with Gasteiger partial charge in [0.25, 0.3) is 0 Å². The first-order valence-corrected chi connectivity index (χ1v) is 11.8. The number of rotatable bonds is 6. The third-order valence-electron chi connectivity index (χ3n) is 6.10. The molecule has 2 N–H and O–H groups in total. The Hall–Kier alpha value is -4.43. The third-order valence-corrected chi connectivity index (χ3v) is 6.34. The molecule has 0 radical (unpaired) electrons. The molecule has 0 saturated carbocycles. The number of pyridine rings is 2. The number of methoxy groups -OCH3 is 2. The van der Waals surface area contributed by atoms with Crippen molar-refractivity contribution in [2.24, 2.45) is 0 Å². The molecule has 5 rings (SSSR count). The van der Waals surface area contributed by atoms with E-state index in [9.17, 15) is 0 Å². The minimum Gasteiger partial charge on any atom is -0.493 e. The molecular weight excluding hydrogens is 488 g/mol. The van der Waals surface area contributed by atoms with Gasteiger partial charge in [-0.05, 0) is 47.5 Å². The predicted molar refractivity (Wildman–Crippen MR) is 148 cm³/mol. The van der Waals surface area contributed by atoms with Crippen LogP contribution >= 0.6 is 11.6 Å². The van der Waals surface area contributed by atoms with Crippen LogP contribution in [0.25, 0.3) is 44.7 Å². The molecule has 0 unspecified atom stereocenters. The molecule has 5 aromatic rings. The fraction of sp³-hybridized carbons (Fsp3) is 0.143. The number of hydrogen-bond donors (Lipinski definition) is 1. The molecule has 0 atom stereocenters. The molecule has 186 valence electrons. The van der Waals surface area contributed by atoms with Gasteiger partial charge in [-0.1, -0.05) is 29.8 Å². The van der Waals surface area contributed by atoms with Crippen LogP contribution in [0.5, 0.6) is 11.5 Å². The summed E-state index contributed by atoms with van der Waals surface area (Å²) in [6.45, 7) is 0. The van der Waals surface area contributed by atoms with Crippen LogP contribution in [0.3, 0.4) is 0 Å². The van der Waals surface area contributed by atoms with Crippen molar-refractivity contribution in [1.29, 1.82) is 0 Å². The molecule has 0 saturated heterocycles. The van der Waals surface area contributed by atoms with E-state index in [0.29, 0.717) is 44.8 Å². The fourth-order valence-corrected chi connectivity index (χ4v) is 4.49. The Morgan fingerprint density at radius 1 is 0.838 bits per heavy atom. The van der Waals surface area contributed by atoms with E-state index in [1.54, 1.807) is 14.2 Å². The minimum absolute atomic E-state index is 0.316. The van der Waals surface area contributed by atoms with E-state index >= 15 is 0 Å². The molecule has 0 spiro atoms. The molecule has 2 aromatic carbocycles. The highest BCUT2D eigenvalue weighted by molar-refractivity contribution is 6.31. The zero-order valence-corrected chi connectivity index (χ0v) is 21.6. The Morgan fingerprint density at radius 2 is 1.62 bits per heavy atom. The summed E-state index contributed by atoms with van der Waals surface area (Å²) >= 11 is 6.44. The van der Waals surface area contributed by atoms with Crippen LogP contribution in [0.2, 0.25) is 5.02 Å². The highest BCUT2D eigenvalue weighted by atomic mass is 35.5. The fourth-order valence-electron chi connectivity index (χ4n) is 4.30. The number of fused-ring (bicyclic) bond motifs is 1. The number of aromatic nitrogens is 4. The molecule has 0 fully saturated rings. The standard InChI is InChI=1S/C28H25ClN6O2/c1-35(2)19-9-10-20(31-14-19)26-24(17-8-11-21(36-3)22(13-17)37-4)23(16-6-5-7-18(29)12-16)25-27(30)32-15-33-28(25)34-26/h5-15H,1-4H3,(H2,30,32,33,34). The Balaban J connectivity index is 1.94. The molecule has 8 nitrogen and oxygen atoms in total. The Labute approximate surface area is 219 Å². The molecule has 37 heavy (non-hydrogen) atoms. The van der Waals surface area contributed by atoms with E-state index in [-0.39, 0.29) is 0 Å². The van der Waals surface area contributed by atoms with E-state index in [4.69, 9.17) is 36.8 Å². The molecule has 0 aliphatic carbocycles. The lowest BCUT2D eigenvalue weighted by molar-refractivity contribution is 0.355. The summed E-state index contributed by atoms with van der Waals surface area (Å²) < 4.78 is 11.1. The van der Waals surface area contributed by atoms with Gasteiger partial charge in [0.1, 0.15) is 12.1 Å². The number of nitrogens with two attached hydrogens (primary N) is 1. The smallest absolute Gasteiger partial charge is 0.165 e. The highest BCUT2D eigenvalue weighted by Gasteiger charge is 2.24. The Morgan fingerprint density at radius 3 is 2.30 bits per heavy atom. The van der Waals surface area contributed by atoms with Crippen molar-refractivity contribution in [3.63, 3.8) is 0 Å². The SMILES string of the molecule is COc1ccc(-c2c(-c3ccc(N(C)C)cn3)nc3ncnc(N)c3c2-c2cccc(Cl)c2)cc1OC. The van der Waals surface area contributed by atoms with E-state index in [2.05, 4.69) is 9.97 Å². The Kier molecular flexibility index (Phi) is 6.50. The van der Waals surface area contributed by atoms with Gasteiger partial charge >= 0.3 is 0 Å². The normalized spacial score (nSPS) is 10.9. The molecule has 3 aromatic heterocycles. The van der Waals surface area contributed by atoms with Crippen molar-refractivity contribution in [3.05, 3.63) is 72.1 Å². The lowest BCUT2D eigenvalue weighted by Crippen LogP contribution is -2.09. The zero-order valence-electron chi connectivity index (χ0n) is 20.9. The second-order valence-corrected chi connectivity index (χ2v) is 8.98. The van der Waals surface area contributed by atoms with Crippen molar-refractivity contribution in [2.45, 2.75) is 0 Å². The summed E-state index contributed by atoms with van der Waals surface area (Å²) in [6, 6.07) is 17.3. The first kappa shape index (κ1) is 24.3. The highest BCUT2D eigenvalue weighted by Crippen LogP contribution is 2.45. The zero-order chi connectivity index (χ0) is 26.1. The second kappa shape index (κ2) is 9.91. The van der Waals surface area contributed by atoms with Crippen molar-refractivity contribution >= 4 is 34.1 Å². The van der Waals surface area contributed by atoms with E-state index < -0.39 is 0 Å². The van der Waals surface area contributed by atoms with Crippen LogP contribution in [-0.4, -0.2) is 48.3 Å². The summed E-state index contributed by atoms with van der Waals surface area (Å²) in [5.74, 6) is 1.51. The first-order chi connectivity index (χ1) is 17.9. The van der Waals surface area contributed by atoms with Gasteiger partial charge in [0, 0.05) is 30.2 Å². The van der Waals surface area contributed by atoms with Crippen LogP contribution in [0.1, 0.15) is 0 Å². The molecule has 0 aliphatic heterocycles. The van der Waals surface area contributed by atoms with Crippen LogP contribution in [-0.2, 0) is 0 Å². The molecular formula is C28H25ClN6O2. The van der Waals surface area contributed by atoms with Crippen molar-refractivity contribution in [1.82, 2.24) is 19.9 Å². The average molecular weight is 513 g/mol. The molecule has 0 bridgehead atoms. The van der Waals surface area contributed by atoms with E-state index in [0.717, 1.165) is 27.9 Å². The topological polar surface area (TPSA) is 99.3 Å². The minimum atomic E-state index is 0.316. The number of nitrogen functional groups attached to an aromatic ring is 1. The van der Waals surface area contributed by atoms with E-state index in [1.807, 2.05) is 79.8 Å². The summed E-state index contributed by atoms with van der Waals surface area (Å²) in [7, 11) is 7.15. The first-order valence-electron chi connectivity index (χ1n) is 11.5. The number of benzene rings is 2. The molecule has 3 heterocycles. The van der Waals surface area contributed by atoms with Gasteiger partial charge < -0.3 is 20.1 Å². The number of halogens is 1. The van der Waals surface area contributed by atoms with Crippen LogP contribution in [0.15, 0.2) is 67.1 Å². The predicted octanol–water partition coefficient (Wildman–Crippen LogP) is 5.74. The summed E-state index contributed by atoms with van der Waals surface area (Å²) in [4.78, 5) is 20.4. The number of hydrogen-bond acceptors (Lipinski definition) is 8. The molecule has 0 aliphatic rings. The van der Waals surface area contributed by atoms with Gasteiger partial charge in [0.15, 0.2) is 17.1 Å². The largest absolute Gasteiger partial charge is 0.493 e. The van der Waals surface area contributed by atoms with Crippen LogP contribution in [0, 0.1) is 0 Å². The van der Waals surface area contributed by atoms with Gasteiger partial charge in [-0.25, -0.2) is 15.0 Å². The summed E-state index contributed by atoms with van der Waals surface area (Å²) in [5.41, 5.74) is 12.4.